The van der Waals surface area contributed by atoms with Crippen molar-refractivity contribution in [3.63, 3.8) is 0 Å². The Hall–Kier alpha value is -2.67. The van der Waals surface area contributed by atoms with E-state index in [-0.39, 0.29) is 11.9 Å². The summed E-state index contributed by atoms with van der Waals surface area (Å²) in [4.78, 5) is 27.6. The molecular formula is C12H7ClF3N5O4S. The summed E-state index contributed by atoms with van der Waals surface area (Å²) in [5.74, 6) is -0.0913. The van der Waals surface area contributed by atoms with Crippen LogP contribution in [0.1, 0.15) is 5.56 Å². The molecule has 0 spiro atoms. The summed E-state index contributed by atoms with van der Waals surface area (Å²) in [5.41, 5.74) is -4.95. The largest absolute Gasteiger partial charge is 0.418 e. The van der Waals surface area contributed by atoms with Crippen molar-refractivity contribution in [3.8, 4) is 0 Å². The van der Waals surface area contributed by atoms with Crippen molar-refractivity contribution in [1.29, 1.82) is 0 Å². The van der Waals surface area contributed by atoms with Gasteiger partial charge in [-0.05, 0) is 6.26 Å². The summed E-state index contributed by atoms with van der Waals surface area (Å²) < 4.78 is 39.1. The predicted octanol–water partition coefficient (Wildman–Crippen LogP) is 4.43. The maximum atomic E-state index is 13.0. The molecule has 0 unspecified atom stereocenters. The summed E-state index contributed by atoms with van der Waals surface area (Å²) in [6, 6.07) is 1.44. The van der Waals surface area contributed by atoms with E-state index in [0.29, 0.717) is 5.03 Å². The number of thioether (sulfide) groups is 1. The Morgan fingerprint density at radius 3 is 2.35 bits per heavy atom. The number of rotatable bonds is 5. The van der Waals surface area contributed by atoms with Crippen LogP contribution in [0.3, 0.4) is 0 Å². The fourth-order valence-electron chi connectivity index (χ4n) is 1.92. The second-order valence-electron chi connectivity index (χ2n) is 4.56. The molecule has 14 heteroatoms. The average Bonchev–Trinajstić information content (AvgIpc) is 2.53. The fourth-order valence-corrected chi connectivity index (χ4v) is 2.63. The van der Waals surface area contributed by atoms with E-state index < -0.39 is 43.7 Å². The van der Waals surface area contributed by atoms with Crippen molar-refractivity contribution >= 4 is 46.2 Å². The summed E-state index contributed by atoms with van der Waals surface area (Å²) in [6.45, 7) is 0. The number of anilines is 2. The molecule has 0 radical (unpaired) electrons. The van der Waals surface area contributed by atoms with E-state index in [1.807, 2.05) is 0 Å². The molecule has 2 aromatic rings. The Morgan fingerprint density at radius 2 is 1.85 bits per heavy atom. The van der Waals surface area contributed by atoms with E-state index in [4.69, 9.17) is 11.6 Å². The lowest BCUT2D eigenvalue weighted by molar-refractivity contribution is -0.392. The predicted molar refractivity (Wildman–Crippen MR) is 86.9 cm³/mol. The molecule has 1 aromatic carbocycles. The Morgan fingerprint density at radius 1 is 1.19 bits per heavy atom. The lowest BCUT2D eigenvalue weighted by Gasteiger charge is -2.13. The molecule has 0 amide bonds. The minimum atomic E-state index is -5.12. The van der Waals surface area contributed by atoms with E-state index in [0.717, 1.165) is 6.33 Å². The van der Waals surface area contributed by atoms with Crippen LogP contribution >= 0.6 is 23.4 Å². The molecule has 0 bridgehead atoms. The summed E-state index contributed by atoms with van der Waals surface area (Å²) in [5, 5.41) is 23.9. The van der Waals surface area contributed by atoms with Gasteiger partial charge in [0.2, 0.25) is 0 Å². The van der Waals surface area contributed by atoms with Crippen molar-refractivity contribution in [3.05, 3.63) is 49.3 Å². The van der Waals surface area contributed by atoms with E-state index >= 15 is 0 Å². The number of nitro benzene ring substituents is 2. The number of nitro groups is 2. The first-order chi connectivity index (χ1) is 12.1. The lowest BCUT2D eigenvalue weighted by Crippen LogP contribution is -2.11. The molecule has 1 N–H and O–H groups in total. The van der Waals surface area contributed by atoms with Gasteiger partial charge in [-0.2, -0.15) is 13.2 Å². The number of nitrogens with one attached hydrogen (secondary N) is 1. The molecular weight excluding hydrogens is 403 g/mol. The SMILES string of the molecule is CSc1cc(Nc2c([N+](=O)[O-])cc(C(F)(F)F)c(Cl)c2[N+](=O)[O-])ncn1. The van der Waals surface area contributed by atoms with Crippen molar-refractivity contribution < 1.29 is 23.0 Å². The van der Waals surface area contributed by atoms with Crippen LogP contribution in [0.25, 0.3) is 0 Å². The molecule has 0 aliphatic heterocycles. The maximum Gasteiger partial charge on any atom is 0.418 e. The Kier molecular flexibility index (Phi) is 5.51. The maximum absolute atomic E-state index is 13.0. The summed E-state index contributed by atoms with van der Waals surface area (Å²) >= 11 is 6.72. The highest BCUT2D eigenvalue weighted by molar-refractivity contribution is 7.98. The number of nitrogens with zero attached hydrogens (tertiary/aromatic N) is 4. The molecule has 1 aromatic heterocycles. The van der Waals surface area contributed by atoms with Crippen molar-refractivity contribution in [2.75, 3.05) is 11.6 Å². The highest BCUT2D eigenvalue weighted by Crippen LogP contribution is 2.48. The van der Waals surface area contributed by atoms with Gasteiger partial charge in [0, 0.05) is 12.1 Å². The summed E-state index contributed by atoms with van der Waals surface area (Å²) in [6.07, 6.45) is -2.37. The minimum Gasteiger partial charge on any atom is -0.329 e. The molecule has 0 atom stereocenters. The lowest BCUT2D eigenvalue weighted by atomic mass is 10.1. The van der Waals surface area contributed by atoms with Gasteiger partial charge in [0.15, 0.2) is 5.69 Å². The Labute approximate surface area is 151 Å². The monoisotopic (exact) mass is 409 g/mol. The van der Waals surface area contributed by atoms with Crippen LogP contribution in [0.5, 0.6) is 0 Å². The third-order valence-corrected chi connectivity index (χ3v) is 4.03. The van der Waals surface area contributed by atoms with Gasteiger partial charge in [-0.25, -0.2) is 9.97 Å². The van der Waals surface area contributed by atoms with E-state index in [1.54, 1.807) is 6.26 Å². The van der Waals surface area contributed by atoms with Crippen LogP contribution in [0.15, 0.2) is 23.5 Å². The number of alkyl halides is 3. The van der Waals surface area contributed by atoms with Crippen molar-refractivity contribution in [1.82, 2.24) is 9.97 Å². The van der Waals surface area contributed by atoms with Crippen molar-refractivity contribution in [2.24, 2.45) is 0 Å². The van der Waals surface area contributed by atoms with Crippen LogP contribution in [0.4, 0.5) is 36.1 Å². The number of halogens is 4. The van der Waals surface area contributed by atoms with Crippen LogP contribution in [0.2, 0.25) is 5.02 Å². The first-order valence-electron chi connectivity index (χ1n) is 6.41. The van der Waals surface area contributed by atoms with Gasteiger partial charge >= 0.3 is 17.6 Å². The molecule has 0 saturated carbocycles. The highest BCUT2D eigenvalue weighted by Gasteiger charge is 2.42. The van der Waals surface area contributed by atoms with Crippen LogP contribution in [-0.4, -0.2) is 26.1 Å². The van der Waals surface area contributed by atoms with Gasteiger partial charge < -0.3 is 5.32 Å². The van der Waals surface area contributed by atoms with Crippen LogP contribution in [0, 0.1) is 20.2 Å². The third kappa shape index (κ3) is 3.94. The van der Waals surface area contributed by atoms with E-state index in [9.17, 15) is 33.4 Å². The van der Waals surface area contributed by atoms with Crippen LogP contribution in [-0.2, 0) is 6.18 Å². The van der Waals surface area contributed by atoms with Crippen LogP contribution < -0.4 is 5.32 Å². The van der Waals surface area contributed by atoms with Gasteiger partial charge in [0.1, 0.15) is 22.2 Å². The fraction of sp³-hybridized carbons (Fsp3) is 0.167. The molecule has 0 aliphatic carbocycles. The Balaban J connectivity index is 2.75. The third-order valence-electron chi connectivity index (χ3n) is 3.01. The van der Waals surface area contributed by atoms with Gasteiger partial charge in [-0.15, -0.1) is 11.8 Å². The van der Waals surface area contributed by atoms with Gasteiger partial charge in [0.05, 0.1) is 15.4 Å². The highest BCUT2D eigenvalue weighted by atomic mass is 35.5. The summed E-state index contributed by atoms with van der Waals surface area (Å²) in [7, 11) is 0. The second kappa shape index (κ2) is 7.29. The topological polar surface area (TPSA) is 124 Å². The van der Waals surface area contributed by atoms with Crippen molar-refractivity contribution in [2.45, 2.75) is 11.2 Å². The smallest absolute Gasteiger partial charge is 0.329 e. The molecule has 9 nitrogen and oxygen atoms in total. The van der Waals surface area contributed by atoms with Gasteiger partial charge in [-0.3, -0.25) is 20.2 Å². The molecule has 0 saturated heterocycles. The first kappa shape index (κ1) is 19.7. The molecule has 2 rings (SSSR count). The molecule has 1 heterocycles. The standard InChI is InChI=1S/C12H7ClF3N5O4S/c1-26-8-3-7(17-4-18-8)19-10-6(20(22)23)2-5(12(14,15)16)9(13)11(10)21(24)25/h2-4H,1H3,(H,17,18,19). The Bertz CT molecular complexity index is 896. The number of aromatic nitrogens is 2. The minimum absolute atomic E-state index is 0.0913. The number of hydrogen-bond donors (Lipinski definition) is 1. The average molecular weight is 410 g/mol. The van der Waals surface area contributed by atoms with Gasteiger partial charge in [0.25, 0.3) is 0 Å². The zero-order valence-electron chi connectivity index (χ0n) is 12.6. The molecule has 26 heavy (non-hydrogen) atoms. The van der Waals surface area contributed by atoms with Gasteiger partial charge in [-0.1, -0.05) is 11.6 Å². The quantitative estimate of drug-likeness (QED) is 0.333. The molecule has 138 valence electrons. The molecule has 0 aliphatic rings. The second-order valence-corrected chi connectivity index (χ2v) is 5.77. The normalized spacial score (nSPS) is 11.3. The zero-order valence-corrected chi connectivity index (χ0v) is 14.1. The van der Waals surface area contributed by atoms with E-state index in [2.05, 4.69) is 15.3 Å². The van der Waals surface area contributed by atoms with E-state index in [1.165, 1.54) is 17.8 Å². The number of hydrogen-bond acceptors (Lipinski definition) is 8. The zero-order chi connectivity index (χ0) is 19.6. The first-order valence-corrected chi connectivity index (χ1v) is 8.02. The molecule has 0 fully saturated rings. The number of benzene rings is 1.